The average molecular weight is 278 g/mol. The lowest BCUT2D eigenvalue weighted by Gasteiger charge is -2.19. The molecule has 0 aliphatic carbocycles. The minimum atomic E-state index is -3.36. The molecule has 0 aromatic heterocycles. The van der Waals surface area contributed by atoms with Crippen LogP contribution in [-0.2, 0) is 16.6 Å². The summed E-state index contributed by atoms with van der Waals surface area (Å²) in [6, 6.07) is 7.28. The molecular formula is C11H16ClNO3S. The summed E-state index contributed by atoms with van der Waals surface area (Å²) in [5.41, 5.74) is 0.904. The van der Waals surface area contributed by atoms with Gasteiger partial charge in [0.2, 0.25) is 10.0 Å². The van der Waals surface area contributed by atoms with E-state index in [4.69, 9.17) is 16.3 Å². The second-order valence-electron chi connectivity index (χ2n) is 3.50. The van der Waals surface area contributed by atoms with Gasteiger partial charge in [0.05, 0.1) is 7.11 Å². The highest BCUT2D eigenvalue weighted by Gasteiger charge is 2.19. The standard InChI is InChI=1S/C11H16ClNO3S/c1-3-13(17(14,15)9-12)8-10-4-6-11(16-2)7-5-10/h4-7H,3,8-9H2,1-2H3. The van der Waals surface area contributed by atoms with Crippen molar-refractivity contribution in [2.45, 2.75) is 13.5 Å². The lowest BCUT2D eigenvalue weighted by atomic mass is 10.2. The largest absolute Gasteiger partial charge is 0.497 e. The minimum absolute atomic E-state index is 0.329. The molecule has 4 nitrogen and oxygen atoms in total. The van der Waals surface area contributed by atoms with Gasteiger partial charge in [-0.3, -0.25) is 0 Å². The molecule has 0 amide bonds. The van der Waals surface area contributed by atoms with Crippen molar-refractivity contribution in [3.05, 3.63) is 29.8 Å². The van der Waals surface area contributed by atoms with Crippen LogP contribution < -0.4 is 4.74 Å². The van der Waals surface area contributed by atoms with Crippen molar-refractivity contribution in [1.82, 2.24) is 4.31 Å². The Labute approximate surface area is 107 Å². The maximum absolute atomic E-state index is 11.6. The third kappa shape index (κ3) is 3.87. The number of hydrogen-bond acceptors (Lipinski definition) is 3. The Kier molecular flexibility index (Phi) is 5.24. The van der Waals surface area contributed by atoms with Crippen molar-refractivity contribution in [3.8, 4) is 5.75 Å². The average Bonchev–Trinajstić information content (AvgIpc) is 2.36. The zero-order valence-corrected chi connectivity index (χ0v) is 11.5. The third-order valence-electron chi connectivity index (χ3n) is 2.40. The van der Waals surface area contributed by atoms with Crippen LogP contribution in [0.1, 0.15) is 12.5 Å². The van der Waals surface area contributed by atoms with Gasteiger partial charge in [0.25, 0.3) is 0 Å². The number of sulfonamides is 1. The molecule has 0 spiro atoms. The quantitative estimate of drug-likeness (QED) is 0.748. The highest BCUT2D eigenvalue weighted by Crippen LogP contribution is 2.15. The minimum Gasteiger partial charge on any atom is -0.497 e. The molecule has 96 valence electrons. The lowest BCUT2D eigenvalue weighted by Crippen LogP contribution is -2.31. The molecule has 0 atom stereocenters. The maximum atomic E-state index is 11.6. The second-order valence-corrected chi connectivity index (χ2v) is 6.05. The first-order chi connectivity index (χ1) is 8.03. The monoisotopic (exact) mass is 277 g/mol. The third-order valence-corrected chi connectivity index (χ3v) is 4.68. The SMILES string of the molecule is CCN(Cc1ccc(OC)cc1)S(=O)(=O)CCl. The first-order valence-corrected chi connectivity index (χ1v) is 7.34. The van der Waals surface area contributed by atoms with Crippen LogP contribution in [0.4, 0.5) is 0 Å². The molecule has 0 heterocycles. The molecule has 0 aliphatic rings. The predicted molar refractivity (Wildman–Crippen MR) is 68.7 cm³/mol. The van der Waals surface area contributed by atoms with Crippen molar-refractivity contribution >= 4 is 21.6 Å². The predicted octanol–water partition coefficient (Wildman–Crippen LogP) is 2.04. The number of hydrogen-bond donors (Lipinski definition) is 0. The molecule has 0 fully saturated rings. The number of rotatable bonds is 6. The van der Waals surface area contributed by atoms with Gasteiger partial charge in [-0.1, -0.05) is 19.1 Å². The first-order valence-electron chi connectivity index (χ1n) is 5.20. The summed E-state index contributed by atoms with van der Waals surface area (Å²) in [6.45, 7) is 2.52. The van der Waals surface area contributed by atoms with Crippen LogP contribution in [0, 0.1) is 0 Å². The zero-order chi connectivity index (χ0) is 12.9. The highest BCUT2D eigenvalue weighted by atomic mass is 35.5. The Morgan fingerprint density at radius 2 is 1.88 bits per heavy atom. The van der Waals surface area contributed by atoms with Gasteiger partial charge in [-0.15, -0.1) is 11.6 Å². The van der Waals surface area contributed by atoms with Crippen LogP contribution >= 0.6 is 11.6 Å². The molecule has 1 rings (SSSR count). The fourth-order valence-electron chi connectivity index (χ4n) is 1.41. The number of nitrogens with zero attached hydrogens (tertiary/aromatic N) is 1. The molecular weight excluding hydrogens is 262 g/mol. The van der Waals surface area contributed by atoms with Crippen molar-refractivity contribution in [2.24, 2.45) is 0 Å². The van der Waals surface area contributed by atoms with Crippen molar-refractivity contribution in [1.29, 1.82) is 0 Å². The van der Waals surface area contributed by atoms with Gasteiger partial charge in [0, 0.05) is 13.1 Å². The van der Waals surface area contributed by atoms with E-state index in [0.717, 1.165) is 11.3 Å². The molecule has 0 N–H and O–H groups in total. The Bertz CT molecular complexity index is 444. The van der Waals surface area contributed by atoms with Crippen LogP contribution in [0.2, 0.25) is 0 Å². The number of halogens is 1. The summed E-state index contributed by atoms with van der Waals surface area (Å²) in [5.74, 6) is 0.747. The Hall–Kier alpha value is -0.780. The molecule has 0 bridgehead atoms. The van der Waals surface area contributed by atoms with Crippen molar-refractivity contribution in [3.63, 3.8) is 0 Å². The van der Waals surface area contributed by atoms with Gasteiger partial charge in [0.1, 0.15) is 11.0 Å². The van der Waals surface area contributed by atoms with Crippen LogP contribution in [0.5, 0.6) is 5.75 Å². The molecule has 0 saturated carbocycles. The van der Waals surface area contributed by atoms with E-state index in [9.17, 15) is 8.42 Å². The molecule has 0 aliphatic heterocycles. The number of alkyl halides is 1. The van der Waals surface area contributed by atoms with Gasteiger partial charge < -0.3 is 4.74 Å². The number of ether oxygens (including phenoxy) is 1. The lowest BCUT2D eigenvalue weighted by molar-refractivity contribution is 0.412. The normalized spacial score (nSPS) is 11.8. The maximum Gasteiger partial charge on any atom is 0.228 e. The van der Waals surface area contributed by atoms with Gasteiger partial charge in [0.15, 0.2) is 0 Å². The number of methoxy groups -OCH3 is 1. The smallest absolute Gasteiger partial charge is 0.228 e. The summed E-state index contributed by atoms with van der Waals surface area (Å²) in [5, 5.41) is -0.392. The fourth-order valence-corrected chi connectivity index (χ4v) is 2.70. The van der Waals surface area contributed by atoms with E-state index < -0.39 is 15.2 Å². The molecule has 1 aromatic carbocycles. The van der Waals surface area contributed by atoms with Crippen LogP contribution in [0.25, 0.3) is 0 Å². The first kappa shape index (κ1) is 14.3. The molecule has 1 aromatic rings. The van der Waals surface area contributed by atoms with E-state index in [0.29, 0.717) is 13.1 Å². The summed E-state index contributed by atoms with van der Waals surface area (Å²) in [4.78, 5) is 0. The van der Waals surface area contributed by atoms with Crippen molar-refractivity contribution in [2.75, 3.05) is 18.9 Å². The molecule has 0 unspecified atom stereocenters. The fraction of sp³-hybridized carbons (Fsp3) is 0.455. The summed E-state index contributed by atoms with van der Waals surface area (Å²) < 4.78 is 29.6. The van der Waals surface area contributed by atoms with Crippen LogP contribution in [0.3, 0.4) is 0 Å². The van der Waals surface area contributed by atoms with E-state index >= 15 is 0 Å². The van der Waals surface area contributed by atoms with E-state index in [-0.39, 0.29) is 0 Å². The topological polar surface area (TPSA) is 46.6 Å². The van der Waals surface area contributed by atoms with Gasteiger partial charge in [-0.25, -0.2) is 8.42 Å². The van der Waals surface area contributed by atoms with E-state index in [1.165, 1.54) is 4.31 Å². The van der Waals surface area contributed by atoms with Crippen LogP contribution in [-0.4, -0.2) is 31.6 Å². The summed E-state index contributed by atoms with van der Waals surface area (Å²) in [7, 11) is -1.77. The van der Waals surface area contributed by atoms with E-state index in [1.54, 1.807) is 26.2 Å². The second kappa shape index (κ2) is 6.23. The van der Waals surface area contributed by atoms with E-state index in [2.05, 4.69) is 0 Å². The summed E-state index contributed by atoms with van der Waals surface area (Å²) >= 11 is 5.43. The Morgan fingerprint density at radius 3 is 2.29 bits per heavy atom. The number of benzene rings is 1. The zero-order valence-electron chi connectivity index (χ0n) is 9.89. The van der Waals surface area contributed by atoms with Gasteiger partial charge >= 0.3 is 0 Å². The molecule has 17 heavy (non-hydrogen) atoms. The highest BCUT2D eigenvalue weighted by molar-refractivity contribution is 7.90. The Morgan fingerprint density at radius 1 is 1.29 bits per heavy atom. The molecule has 0 radical (unpaired) electrons. The van der Waals surface area contributed by atoms with E-state index in [1.807, 2.05) is 12.1 Å². The molecule has 0 saturated heterocycles. The van der Waals surface area contributed by atoms with Gasteiger partial charge in [-0.2, -0.15) is 4.31 Å². The summed E-state index contributed by atoms with van der Waals surface area (Å²) in [6.07, 6.45) is 0. The van der Waals surface area contributed by atoms with Gasteiger partial charge in [-0.05, 0) is 17.7 Å². The van der Waals surface area contributed by atoms with Crippen LogP contribution in [0.15, 0.2) is 24.3 Å². The Balaban J connectivity index is 2.81. The van der Waals surface area contributed by atoms with Crippen molar-refractivity contribution < 1.29 is 13.2 Å². The molecule has 6 heteroatoms.